The minimum atomic E-state index is -1.16. The predicted octanol–water partition coefficient (Wildman–Crippen LogP) is 1.00. The molecule has 3 heterocycles. The molecule has 0 unspecified atom stereocenters. The van der Waals surface area contributed by atoms with Crippen LogP contribution in [0.2, 0.25) is 0 Å². The second-order valence-electron chi connectivity index (χ2n) is 7.18. The number of rotatable bonds is 11. The van der Waals surface area contributed by atoms with Crippen LogP contribution >= 0.6 is 0 Å². The van der Waals surface area contributed by atoms with Crippen LogP contribution in [0.4, 0.5) is 0 Å². The third kappa shape index (κ3) is 8.11. The van der Waals surface area contributed by atoms with Crippen molar-refractivity contribution in [3.63, 3.8) is 0 Å². The van der Waals surface area contributed by atoms with E-state index in [1.165, 1.54) is 6.20 Å². The molecular weight excluding hydrogens is 424 g/mol. The monoisotopic (exact) mass is 448 g/mol. The number of carboxylic acid groups (broad SMARTS) is 1. The zero-order valence-electron chi connectivity index (χ0n) is 17.8. The zero-order chi connectivity index (χ0) is 23.5. The van der Waals surface area contributed by atoms with Crippen molar-refractivity contribution < 1.29 is 19.5 Å². The van der Waals surface area contributed by atoms with E-state index in [0.717, 1.165) is 17.1 Å². The number of aliphatic carboxylic acids is 1. The third-order valence-corrected chi connectivity index (χ3v) is 4.54. The Balaban J connectivity index is 1.60. The number of hydrogen-bond donors (Lipinski definition) is 3. The van der Waals surface area contributed by atoms with Gasteiger partial charge >= 0.3 is 5.97 Å². The fourth-order valence-corrected chi connectivity index (χ4v) is 2.99. The van der Waals surface area contributed by atoms with Gasteiger partial charge in [-0.2, -0.15) is 0 Å². The lowest BCUT2D eigenvalue weighted by Crippen LogP contribution is -2.39. The van der Waals surface area contributed by atoms with Gasteiger partial charge in [0, 0.05) is 38.2 Å². The van der Waals surface area contributed by atoms with Crippen molar-refractivity contribution in [2.75, 3.05) is 13.1 Å². The maximum Gasteiger partial charge on any atom is 0.322 e. The van der Waals surface area contributed by atoms with Gasteiger partial charge in [-0.1, -0.05) is 12.1 Å². The van der Waals surface area contributed by atoms with Gasteiger partial charge in [-0.15, -0.1) is 0 Å². The first-order valence-corrected chi connectivity index (χ1v) is 10.2. The highest BCUT2D eigenvalue weighted by Crippen LogP contribution is 2.11. The van der Waals surface area contributed by atoms with Crippen LogP contribution in [-0.4, -0.2) is 55.8 Å². The average Bonchev–Trinajstić information content (AvgIpc) is 2.83. The Bertz CT molecular complexity index is 1020. The molecule has 0 atom stereocenters. The van der Waals surface area contributed by atoms with Crippen molar-refractivity contribution in [1.29, 1.82) is 0 Å². The summed E-state index contributed by atoms with van der Waals surface area (Å²) < 4.78 is 0. The second-order valence-corrected chi connectivity index (χ2v) is 7.18. The molecule has 0 aliphatic carbocycles. The van der Waals surface area contributed by atoms with Gasteiger partial charge in [-0.25, -0.2) is 0 Å². The fourth-order valence-electron chi connectivity index (χ4n) is 2.99. The lowest BCUT2D eigenvalue weighted by Gasteiger charge is -2.21. The molecule has 2 amide bonds. The minimum absolute atomic E-state index is 0.297. The van der Waals surface area contributed by atoms with Gasteiger partial charge in [0.1, 0.15) is 6.54 Å². The van der Waals surface area contributed by atoms with Crippen molar-refractivity contribution in [3.05, 3.63) is 89.8 Å². The molecule has 0 aliphatic rings. The quantitative estimate of drug-likeness (QED) is 0.395. The van der Waals surface area contributed by atoms with Crippen molar-refractivity contribution >= 4 is 17.8 Å². The fraction of sp³-hybridized carbons (Fsp3) is 0.217. The van der Waals surface area contributed by atoms with E-state index in [1.54, 1.807) is 24.5 Å². The molecule has 3 aromatic heterocycles. The zero-order valence-corrected chi connectivity index (χ0v) is 17.8. The van der Waals surface area contributed by atoms with Crippen LogP contribution in [0.3, 0.4) is 0 Å². The summed E-state index contributed by atoms with van der Waals surface area (Å²) in [6.07, 6.45) is 4.95. The molecule has 0 aromatic carbocycles. The Morgan fingerprint density at radius 2 is 1.36 bits per heavy atom. The lowest BCUT2D eigenvalue weighted by molar-refractivity contribution is -0.137. The number of nitrogens with one attached hydrogen (secondary N) is 2. The smallest absolute Gasteiger partial charge is 0.322 e. The Morgan fingerprint density at radius 1 is 0.758 bits per heavy atom. The van der Waals surface area contributed by atoms with E-state index in [0.29, 0.717) is 25.2 Å². The Kier molecular flexibility index (Phi) is 8.55. The summed E-state index contributed by atoms with van der Waals surface area (Å²) in [5, 5.41) is 13.2. The number of pyridine rings is 3. The number of amides is 2. The van der Waals surface area contributed by atoms with Crippen LogP contribution in [0.5, 0.6) is 0 Å². The summed E-state index contributed by atoms with van der Waals surface area (Å²) in [5.41, 5.74) is 2.90. The summed E-state index contributed by atoms with van der Waals surface area (Å²) in [6.45, 7) is 0.903. The lowest BCUT2D eigenvalue weighted by atomic mass is 10.2. The van der Waals surface area contributed by atoms with Gasteiger partial charge in [0.15, 0.2) is 0 Å². The number of aromatic nitrogens is 3. The van der Waals surface area contributed by atoms with E-state index in [2.05, 4.69) is 30.5 Å². The minimum Gasteiger partial charge on any atom is -0.480 e. The van der Waals surface area contributed by atoms with Crippen LogP contribution in [-0.2, 0) is 29.2 Å². The van der Waals surface area contributed by atoms with Crippen molar-refractivity contribution in [2.24, 2.45) is 0 Å². The normalized spacial score (nSPS) is 10.6. The molecule has 0 saturated heterocycles. The van der Waals surface area contributed by atoms with E-state index in [9.17, 15) is 14.4 Å². The summed E-state index contributed by atoms with van der Waals surface area (Å²) in [5.74, 6) is -2.22. The molecule has 170 valence electrons. The third-order valence-electron chi connectivity index (χ3n) is 4.54. The maximum absolute atomic E-state index is 12.2. The number of carboxylic acids is 1. The first-order chi connectivity index (χ1) is 16.0. The summed E-state index contributed by atoms with van der Waals surface area (Å²) >= 11 is 0. The molecule has 0 saturated carbocycles. The molecule has 10 heteroatoms. The van der Waals surface area contributed by atoms with Gasteiger partial charge in [0.25, 0.3) is 5.91 Å². The van der Waals surface area contributed by atoms with Crippen molar-refractivity contribution in [1.82, 2.24) is 30.5 Å². The molecule has 3 N–H and O–H groups in total. The molecule has 0 radical (unpaired) electrons. The standard InChI is InChI=1S/C23H24N6O4/c30-21(27-13-22(31)32)12-28-23(33)17-7-8-20(26-11-17)16-29(14-18-5-1-3-9-24-18)15-19-6-2-4-10-25-19/h1-11H,12-16H2,(H,27,30)(H,28,33)(H,31,32). The van der Waals surface area contributed by atoms with Gasteiger partial charge in [-0.05, 0) is 36.4 Å². The van der Waals surface area contributed by atoms with Crippen LogP contribution < -0.4 is 10.6 Å². The first kappa shape index (κ1) is 23.5. The van der Waals surface area contributed by atoms with Crippen LogP contribution in [0.25, 0.3) is 0 Å². The van der Waals surface area contributed by atoms with Crippen molar-refractivity contribution in [3.8, 4) is 0 Å². The molecule has 0 spiro atoms. The highest BCUT2D eigenvalue weighted by molar-refractivity contribution is 5.96. The first-order valence-electron chi connectivity index (χ1n) is 10.2. The van der Waals surface area contributed by atoms with E-state index in [-0.39, 0.29) is 6.54 Å². The number of carbonyl (C=O) groups excluding carboxylic acids is 2. The van der Waals surface area contributed by atoms with Crippen molar-refractivity contribution in [2.45, 2.75) is 19.6 Å². The van der Waals surface area contributed by atoms with E-state index in [1.807, 2.05) is 36.4 Å². The van der Waals surface area contributed by atoms with Gasteiger partial charge in [-0.3, -0.25) is 34.2 Å². The SMILES string of the molecule is O=C(O)CNC(=O)CNC(=O)c1ccc(CN(Cc2ccccn2)Cc2ccccn2)nc1. The molecule has 3 aromatic rings. The van der Waals surface area contributed by atoms with E-state index >= 15 is 0 Å². The molecule has 33 heavy (non-hydrogen) atoms. The van der Waals surface area contributed by atoms with Crippen LogP contribution in [0.1, 0.15) is 27.4 Å². The number of carbonyl (C=O) groups is 3. The van der Waals surface area contributed by atoms with Gasteiger partial charge in [0.2, 0.25) is 5.91 Å². The van der Waals surface area contributed by atoms with Crippen LogP contribution in [0.15, 0.2) is 67.1 Å². The molecule has 0 aliphatic heterocycles. The van der Waals surface area contributed by atoms with E-state index in [4.69, 9.17) is 5.11 Å². The highest BCUT2D eigenvalue weighted by Gasteiger charge is 2.13. The van der Waals surface area contributed by atoms with Gasteiger partial charge in [0.05, 0.1) is 29.2 Å². The summed E-state index contributed by atoms with van der Waals surface area (Å²) in [6, 6.07) is 14.9. The molecule has 0 bridgehead atoms. The molecule has 0 fully saturated rings. The Labute approximate surface area is 190 Å². The average molecular weight is 448 g/mol. The van der Waals surface area contributed by atoms with E-state index < -0.39 is 24.3 Å². The Hall–Kier alpha value is -4.18. The highest BCUT2D eigenvalue weighted by atomic mass is 16.4. The predicted molar refractivity (Wildman–Crippen MR) is 119 cm³/mol. The maximum atomic E-state index is 12.2. The molecule has 10 nitrogen and oxygen atoms in total. The van der Waals surface area contributed by atoms with Crippen LogP contribution in [0, 0.1) is 0 Å². The number of hydrogen-bond acceptors (Lipinski definition) is 7. The summed E-state index contributed by atoms with van der Waals surface area (Å²) in [7, 11) is 0. The summed E-state index contributed by atoms with van der Waals surface area (Å²) in [4.78, 5) is 49.6. The largest absolute Gasteiger partial charge is 0.480 e. The molecular formula is C23H24N6O4. The second kappa shape index (κ2) is 12.0. The number of nitrogens with zero attached hydrogens (tertiary/aromatic N) is 4. The Morgan fingerprint density at radius 3 is 1.85 bits per heavy atom. The van der Waals surface area contributed by atoms with Gasteiger partial charge < -0.3 is 15.7 Å². The molecule has 3 rings (SSSR count). The topological polar surface area (TPSA) is 137 Å².